The van der Waals surface area contributed by atoms with Crippen molar-refractivity contribution in [3.8, 4) is 0 Å². The number of aryl methyl sites for hydroxylation is 1. The van der Waals surface area contributed by atoms with Crippen molar-refractivity contribution in [2.24, 2.45) is 0 Å². The Morgan fingerprint density at radius 1 is 1.20 bits per heavy atom. The molecule has 0 saturated carbocycles. The van der Waals surface area contributed by atoms with Gasteiger partial charge in [-0.25, -0.2) is 13.4 Å². The number of sulfone groups is 1. The first-order chi connectivity index (χ1) is 19.0. The number of nitrogens with one attached hydrogen (secondary N) is 4. The summed E-state index contributed by atoms with van der Waals surface area (Å²) in [5, 5.41) is 12.2. The maximum Gasteiger partial charge on any atom is 0.247 e. The Labute approximate surface area is 240 Å². The first-order valence-corrected chi connectivity index (χ1v) is 14.9. The molecular weight excluding hydrogens is 550 g/mol. The number of aromatic nitrogens is 2. The third-order valence-corrected chi connectivity index (χ3v) is 9.04. The van der Waals surface area contributed by atoms with Crippen molar-refractivity contribution >= 4 is 61.9 Å². The van der Waals surface area contributed by atoms with Crippen LogP contribution in [0.1, 0.15) is 26.3 Å². The molecule has 40 heavy (non-hydrogen) atoms. The molecule has 3 aromatic rings. The number of hydrogen-bond donors (Lipinski definition) is 4. The lowest BCUT2D eigenvalue weighted by Crippen LogP contribution is -2.49. The Kier molecular flexibility index (Phi) is 8.97. The van der Waals surface area contributed by atoms with Crippen LogP contribution in [-0.4, -0.2) is 55.2 Å². The molecule has 0 aliphatic carbocycles. The molecule has 212 valence electrons. The number of amides is 1. The summed E-state index contributed by atoms with van der Waals surface area (Å²) in [4.78, 5) is 23.5. The van der Waals surface area contributed by atoms with Crippen molar-refractivity contribution in [3.63, 3.8) is 0 Å². The zero-order chi connectivity index (χ0) is 29.0. The minimum absolute atomic E-state index is 0.158. The van der Waals surface area contributed by atoms with Crippen molar-refractivity contribution in [1.82, 2.24) is 15.3 Å². The van der Waals surface area contributed by atoms with Crippen molar-refractivity contribution in [2.45, 2.75) is 43.9 Å². The molecule has 1 aliphatic heterocycles. The van der Waals surface area contributed by atoms with E-state index in [1.165, 1.54) is 12.3 Å². The maximum absolute atomic E-state index is 12.9. The van der Waals surface area contributed by atoms with E-state index in [-0.39, 0.29) is 27.6 Å². The summed E-state index contributed by atoms with van der Waals surface area (Å²) in [6.07, 6.45) is 2.67. The summed E-state index contributed by atoms with van der Waals surface area (Å²) in [6.45, 7) is 13.4. The number of nitrogens with zero attached hydrogens (tertiary/aromatic N) is 3. The molecule has 1 aliphatic rings. The Balaban J connectivity index is 1.67. The minimum Gasteiger partial charge on any atom is -0.367 e. The molecule has 1 fully saturated rings. The number of rotatable bonds is 9. The second kappa shape index (κ2) is 12.2. The van der Waals surface area contributed by atoms with Crippen LogP contribution in [0.4, 0.5) is 34.5 Å². The molecule has 4 rings (SSSR count). The van der Waals surface area contributed by atoms with Gasteiger partial charge in [-0.1, -0.05) is 30.3 Å². The van der Waals surface area contributed by atoms with Crippen LogP contribution in [-0.2, 0) is 14.6 Å². The Bertz CT molecular complexity index is 1530. The predicted molar refractivity (Wildman–Crippen MR) is 162 cm³/mol. The number of halogens is 1. The second-order valence-electron chi connectivity index (χ2n) is 9.91. The van der Waals surface area contributed by atoms with Crippen molar-refractivity contribution < 1.29 is 13.2 Å². The molecule has 2 heterocycles. The van der Waals surface area contributed by atoms with Gasteiger partial charge in [-0.3, -0.25) is 4.79 Å². The van der Waals surface area contributed by atoms with Gasteiger partial charge in [0.25, 0.3) is 0 Å². The molecule has 10 nitrogen and oxygen atoms in total. The third-order valence-electron chi connectivity index (χ3n) is 6.55. The monoisotopic (exact) mass is 583 g/mol. The molecule has 0 radical (unpaired) electrons. The molecule has 1 atom stereocenters. The molecule has 0 unspecified atom stereocenters. The lowest BCUT2D eigenvalue weighted by molar-refractivity contribution is -0.111. The molecule has 0 bridgehead atoms. The smallest absolute Gasteiger partial charge is 0.247 e. The van der Waals surface area contributed by atoms with Gasteiger partial charge in [-0.2, -0.15) is 4.98 Å². The fourth-order valence-corrected chi connectivity index (χ4v) is 5.70. The minimum atomic E-state index is -3.55. The molecule has 4 N–H and O–H groups in total. The molecule has 0 spiro atoms. The van der Waals surface area contributed by atoms with E-state index in [1.807, 2.05) is 19.1 Å². The average molecular weight is 584 g/mol. The Hall–Kier alpha value is -3.67. The molecule has 1 aromatic heterocycles. The number of carbonyl (C=O) groups excluding carboxylic acids is 1. The summed E-state index contributed by atoms with van der Waals surface area (Å²) in [7, 11) is -3.55. The SMILES string of the molecule is C=CC(=O)Nc1cc(Nc2ncc(Cl)c(Nc3ccccc3S(=O)(=O)C(C)C)n2)c(C)cc1N1CCN[C@H](C)C1. The van der Waals surface area contributed by atoms with Crippen molar-refractivity contribution in [3.05, 3.63) is 65.8 Å². The van der Waals surface area contributed by atoms with Gasteiger partial charge < -0.3 is 26.2 Å². The Morgan fingerprint density at radius 3 is 2.65 bits per heavy atom. The van der Waals surface area contributed by atoms with Crippen LogP contribution in [0.5, 0.6) is 0 Å². The second-order valence-corrected chi connectivity index (χ2v) is 12.8. The first kappa shape index (κ1) is 29.3. The normalized spacial score (nSPS) is 15.6. The quantitative estimate of drug-likeness (QED) is 0.256. The number of benzene rings is 2. The van der Waals surface area contributed by atoms with Crippen LogP contribution in [0.3, 0.4) is 0 Å². The van der Waals surface area contributed by atoms with Crippen LogP contribution < -0.4 is 26.2 Å². The van der Waals surface area contributed by atoms with E-state index in [0.29, 0.717) is 23.1 Å². The highest BCUT2D eigenvalue weighted by molar-refractivity contribution is 7.92. The molecule has 12 heteroatoms. The largest absolute Gasteiger partial charge is 0.367 e. The summed E-state index contributed by atoms with van der Waals surface area (Å²) in [5.74, 6) is 0.169. The van der Waals surface area contributed by atoms with Gasteiger partial charge in [0.2, 0.25) is 11.9 Å². The highest BCUT2D eigenvalue weighted by Crippen LogP contribution is 2.35. The van der Waals surface area contributed by atoms with Gasteiger partial charge in [0.05, 0.1) is 33.4 Å². The van der Waals surface area contributed by atoms with Gasteiger partial charge in [-0.05, 0) is 63.6 Å². The summed E-state index contributed by atoms with van der Waals surface area (Å²) >= 11 is 6.39. The maximum atomic E-state index is 12.9. The molecule has 2 aromatic carbocycles. The summed E-state index contributed by atoms with van der Waals surface area (Å²) in [6, 6.07) is 10.8. The Morgan fingerprint density at radius 2 is 1.95 bits per heavy atom. The van der Waals surface area contributed by atoms with Crippen LogP contribution in [0.2, 0.25) is 5.02 Å². The van der Waals surface area contributed by atoms with E-state index < -0.39 is 15.1 Å². The molecule has 1 amide bonds. The summed E-state index contributed by atoms with van der Waals surface area (Å²) in [5.41, 5.74) is 3.51. The number of anilines is 6. The van der Waals surface area contributed by atoms with E-state index in [9.17, 15) is 13.2 Å². The van der Waals surface area contributed by atoms with E-state index >= 15 is 0 Å². The van der Waals surface area contributed by atoms with E-state index in [1.54, 1.807) is 38.1 Å². The first-order valence-electron chi connectivity index (χ1n) is 13.0. The number of para-hydroxylation sites is 1. The highest BCUT2D eigenvalue weighted by Gasteiger charge is 2.24. The van der Waals surface area contributed by atoms with Crippen molar-refractivity contribution in [1.29, 1.82) is 0 Å². The zero-order valence-electron chi connectivity index (χ0n) is 23.0. The van der Waals surface area contributed by atoms with Crippen LogP contribution >= 0.6 is 11.6 Å². The standard InChI is InChI=1S/C28H34ClN7O3S/c1-6-26(37)32-23-14-22(18(4)13-24(23)36-12-11-30-19(5)16-36)34-28-31-15-20(29)27(35-28)33-21-9-7-8-10-25(21)40(38,39)17(2)3/h6-10,13-15,17,19,30H,1,11-12,16H2,2-5H3,(H,32,37)(H2,31,33,34,35)/t19-/m1/s1. The van der Waals surface area contributed by atoms with Crippen LogP contribution in [0, 0.1) is 6.92 Å². The van der Waals surface area contributed by atoms with Crippen molar-refractivity contribution in [2.75, 3.05) is 40.5 Å². The van der Waals surface area contributed by atoms with Gasteiger partial charge in [0, 0.05) is 31.4 Å². The number of hydrogen-bond acceptors (Lipinski definition) is 9. The topological polar surface area (TPSA) is 128 Å². The number of piperazine rings is 1. The fourth-order valence-electron chi connectivity index (χ4n) is 4.36. The van der Waals surface area contributed by atoms with Gasteiger partial charge in [0.1, 0.15) is 5.02 Å². The van der Waals surface area contributed by atoms with Gasteiger partial charge in [0.15, 0.2) is 15.7 Å². The predicted octanol–water partition coefficient (Wildman–Crippen LogP) is 5.03. The summed E-state index contributed by atoms with van der Waals surface area (Å²) < 4.78 is 25.8. The van der Waals surface area contributed by atoms with Gasteiger partial charge >= 0.3 is 0 Å². The van der Waals surface area contributed by atoms with Crippen LogP contribution in [0.25, 0.3) is 0 Å². The van der Waals surface area contributed by atoms with E-state index in [4.69, 9.17) is 11.6 Å². The molecular formula is C28H34ClN7O3S. The van der Waals surface area contributed by atoms with E-state index in [2.05, 4.69) is 49.6 Å². The highest BCUT2D eigenvalue weighted by atomic mass is 35.5. The zero-order valence-corrected chi connectivity index (χ0v) is 24.5. The van der Waals surface area contributed by atoms with Gasteiger partial charge in [-0.15, -0.1) is 0 Å². The number of carbonyl (C=O) groups is 1. The third kappa shape index (κ3) is 6.55. The van der Waals surface area contributed by atoms with Crippen LogP contribution in [0.15, 0.2) is 60.1 Å². The fraction of sp³-hybridized carbons (Fsp3) is 0.321. The molecule has 1 saturated heterocycles. The lowest BCUT2D eigenvalue weighted by atomic mass is 10.1. The average Bonchev–Trinajstić information content (AvgIpc) is 2.92. The van der Waals surface area contributed by atoms with E-state index in [0.717, 1.165) is 30.9 Å². The lowest BCUT2D eigenvalue weighted by Gasteiger charge is -2.35.